The summed E-state index contributed by atoms with van der Waals surface area (Å²) in [5.74, 6) is 0.181. The average Bonchev–Trinajstić information content (AvgIpc) is 3.15. The maximum atomic E-state index is 12.8. The van der Waals surface area contributed by atoms with Gasteiger partial charge in [0.25, 0.3) is 5.91 Å². The Labute approximate surface area is 148 Å². The number of halogens is 1. The Hall–Kier alpha value is -1.99. The van der Waals surface area contributed by atoms with Gasteiger partial charge in [0.05, 0.1) is 0 Å². The number of carbonyl (C=O) groups excluding carboxylic acids is 1. The van der Waals surface area contributed by atoms with Crippen LogP contribution in [0, 0.1) is 0 Å². The molecule has 0 bridgehead atoms. The van der Waals surface area contributed by atoms with Crippen molar-refractivity contribution < 1.29 is 4.79 Å². The standard InChI is InChI=1S/C16H16ClN5OS/c1-10-5-2-3-8-21(10)15(23)13-18-19-16-22(13)20-14(24-16)11-6-4-7-12(17)9-11/h4,6-7,9-10H,2-3,5,8H2,1H3/t10-/m0/s1. The average molecular weight is 362 g/mol. The maximum absolute atomic E-state index is 12.8. The molecule has 0 spiro atoms. The summed E-state index contributed by atoms with van der Waals surface area (Å²) in [6.07, 6.45) is 3.22. The van der Waals surface area contributed by atoms with Crippen molar-refractivity contribution in [2.45, 2.75) is 32.2 Å². The second-order valence-corrected chi connectivity index (χ2v) is 7.37. The van der Waals surface area contributed by atoms with Gasteiger partial charge in [-0.05, 0) is 38.3 Å². The van der Waals surface area contributed by atoms with Gasteiger partial charge in [-0.2, -0.15) is 9.61 Å². The van der Waals surface area contributed by atoms with E-state index in [0.717, 1.165) is 36.4 Å². The molecule has 0 saturated carbocycles. The van der Waals surface area contributed by atoms with E-state index in [1.54, 1.807) is 4.52 Å². The van der Waals surface area contributed by atoms with Crippen molar-refractivity contribution in [2.75, 3.05) is 6.54 Å². The summed E-state index contributed by atoms with van der Waals surface area (Å²) >= 11 is 7.44. The first-order valence-electron chi connectivity index (χ1n) is 7.92. The molecule has 1 atom stereocenters. The number of aromatic nitrogens is 4. The van der Waals surface area contributed by atoms with Gasteiger partial charge in [0.1, 0.15) is 5.01 Å². The lowest BCUT2D eigenvalue weighted by molar-refractivity contribution is 0.0620. The van der Waals surface area contributed by atoms with E-state index in [4.69, 9.17) is 11.6 Å². The Morgan fingerprint density at radius 2 is 2.21 bits per heavy atom. The number of amides is 1. The van der Waals surface area contributed by atoms with Crippen LogP contribution in [0.1, 0.15) is 36.8 Å². The van der Waals surface area contributed by atoms with Gasteiger partial charge < -0.3 is 4.90 Å². The Bertz CT molecular complexity index is 905. The molecule has 1 aromatic carbocycles. The zero-order valence-electron chi connectivity index (χ0n) is 13.1. The van der Waals surface area contributed by atoms with Crippen molar-refractivity contribution in [1.29, 1.82) is 0 Å². The van der Waals surface area contributed by atoms with Gasteiger partial charge in [-0.1, -0.05) is 35.1 Å². The molecule has 0 radical (unpaired) electrons. The molecule has 1 amide bonds. The van der Waals surface area contributed by atoms with E-state index in [2.05, 4.69) is 22.2 Å². The fourth-order valence-corrected chi connectivity index (χ4v) is 4.04. The Morgan fingerprint density at radius 3 is 3.00 bits per heavy atom. The fourth-order valence-electron chi connectivity index (χ4n) is 3.02. The molecule has 3 heterocycles. The van der Waals surface area contributed by atoms with Crippen molar-refractivity contribution in [1.82, 2.24) is 24.7 Å². The van der Waals surface area contributed by atoms with Crippen LogP contribution in [0.15, 0.2) is 24.3 Å². The molecular weight excluding hydrogens is 346 g/mol. The predicted molar refractivity (Wildman–Crippen MR) is 93.5 cm³/mol. The van der Waals surface area contributed by atoms with Crippen LogP contribution in [0.4, 0.5) is 0 Å². The Morgan fingerprint density at radius 1 is 1.33 bits per heavy atom. The van der Waals surface area contributed by atoms with Gasteiger partial charge in [-0.25, -0.2) is 0 Å². The number of nitrogens with zero attached hydrogens (tertiary/aromatic N) is 5. The summed E-state index contributed by atoms with van der Waals surface area (Å²) in [6.45, 7) is 2.84. The molecule has 1 saturated heterocycles. The van der Waals surface area contributed by atoms with Gasteiger partial charge in [-0.3, -0.25) is 4.79 Å². The summed E-state index contributed by atoms with van der Waals surface area (Å²) in [7, 11) is 0. The van der Waals surface area contributed by atoms with E-state index in [1.165, 1.54) is 11.3 Å². The first-order chi connectivity index (χ1) is 11.6. The molecule has 6 nitrogen and oxygen atoms in total. The van der Waals surface area contributed by atoms with Crippen molar-refractivity contribution >= 4 is 33.8 Å². The predicted octanol–water partition coefficient (Wildman–Crippen LogP) is 3.52. The van der Waals surface area contributed by atoms with Crippen LogP contribution in [-0.2, 0) is 0 Å². The monoisotopic (exact) mass is 361 g/mol. The highest BCUT2D eigenvalue weighted by Crippen LogP contribution is 2.28. The van der Waals surface area contributed by atoms with E-state index < -0.39 is 0 Å². The second-order valence-electron chi connectivity index (χ2n) is 5.98. The lowest BCUT2D eigenvalue weighted by Crippen LogP contribution is -2.42. The van der Waals surface area contributed by atoms with Gasteiger partial charge in [0.2, 0.25) is 10.8 Å². The molecule has 1 aliphatic rings. The highest BCUT2D eigenvalue weighted by atomic mass is 35.5. The van der Waals surface area contributed by atoms with E-state index in [0.29, 0.717) is 9.98 Å². The number of benzene rings is 1. The second kappa shape index (κ2) is 6.14. The smallest absolute Gasteiger partial charge is 0.293 e. The number of hydrogen-bond donors (Lipinski definition) is 0. The van der Waals surface area contributed by atoms with Crippen molar-refractivity contribution in [3.05, 3.63) is 35.1 Å². The summed E-state index contributed by atoms with van der Waals surface area (Å²) in [5.41, 5.74) is 0.905. The van der Waals surface area contributed by atoms with Crippen LogP contribution < -0.4 is 0 Å². The normalized spacial score (nSPS) is 18.2. The molecule has 8 heteroatoms. The molecule has 3 aromatic rings. The summed E-state index contributed by atoms with van der Waals surface area (Å²) < 4.78 is 1.55. The molecule has 0 aliphatic carbocycles. The minimum atomic E-state index is -0.0994. The lowest BCUT2D eigenvalue weighted by Gasteiger charge is -2.32. The van der Waals surface area contributed by atoms with Crippen molar-refractivity contribution in [3.63, 3.8) is 0 Å². The van der Waals surface area contributed by atoms with Crippen LogP contribution in [-0.4, -0.2) is 43.2 Å². The van der Waals surface area contributed by atoms with Gasteiger partial charge in [-0.15, -0.1) is 10.2 Å². The molecule has 4 rings (SSSR count). The van der Waals surface area contributed by atoms with Crippen molar-refractivity contribution in [2.24, 2.45) is 0 Å². The summed E-state index contributed by atoms with van der Waals surface area (Å²) in [5, 5.41) is 14.1. The van der Waals surface area contributed by atoms with E-state index in [1.807, 2.05) is 29.2 Å². The number of hydrogen-bond acceptors (Lipinski definition) is 5. The quantitative estimate of drug-likeness (QED) is 0.700. The highest BCUT2D eigenvalue weighted by molar-refractivity contribution is 7.19. The Balaban J connectivity index is 1.71. The van der Waals surface area contributed by atoms with Crippen LogP contribution >= 0.6 is 22.9 Å². The van der Waals surface area contributed by atoms with E-state index in [-0.39, 0.29) is 17.8 Å². The zero-order chi connectivity index (χ0) is 16.7. The van der Waals surface area contributed by atoms with Crippen LogP contribution in [0.3, 0.4) is 0 Å². The first-order valence-corrected chi connectivity index (χ1v) is 9.12. The van der Waals surface area contributed by atoms with Crippen LogP contribution in [0.25, 0.3) is 15.5 Å². The van der Waals surface area contributed by atoms with E-state index >= 15 is 0 Å². The van der Waals surface area contributed by atoms with E-state index in [9.17, 15) is 4.79 Å². The van der Waals surface area contributed by atoms with Crippen LogP contribution in [0.2, 0.25) is 5.02 Å². The first kappa shape index (κ1) is 15.5. The van der Waals surface area contributed by atoms with Crippen molar-refractivity contribution in [3.8, 4) is 10.6 Å². The number of fused-ring (bicyclic) bond motifs is 1. The molecule has 2 aromatic heterocycles. The third-order valence-corrected chi connectivity index (χ3v) is 5.50. The molecule has 1 aliphatic heterocycles. The fraction of sp³-hybridized carbons (Fsp3) is 0.375. The molecular formula is C16H16ClN5OS. The van der Waals surface area contributed by atoms with Gasteiger partial charge >= 0.3 is 0 Å². The van der Waals surface area contributed by atoms with Crippen LogP contribution in [0.5, 0.6) is 0 Å². The Kier molecular flexibility index (Phi) is 3.97. The third kappa shape index (κ3) is 2.67. The molecule has 0 unspecified atom stereocenters. The van der Waals surface area contributed by atoms with Gasteiger partial charge in [0.15, 0.2) is 0 Å². The third-order valence-electron chi connectivity index (χ3n) is 4.32. The number of piperidine rings is 1. The minimum absolute atomic E-state index is 0.0994. The molecule has 1 fully saturated rings. The maximum Gasteiger partial charge on any atom is 0.293 e. The SMILES string of the molecule is C[C@H]1CCCCN1C(=O)c1nnc2sc(-c3cccc(Cl)c3)nn12. The topological polar surface area (TPSA) is 63.4 Å². The number of carbonyl (C=O) groups is 1. The minimum Gasteiger partial charge on any atom is -0.333 e. The summed E-state index contributed by atoms with van der Waals surface area (Å²) in [6, 6.07) is 7.71. The zero-order valence-corrected chi connectivity index (χ0v) is 14.7. The largest absolute Gasteiger partial charge is 0.333 e. The van der Waals surface area contributed by atoms with Gasteiger partial charge in [0, 0.05) is 23.2 Å². The molecule has 124 valence electrons. The highest BCUT2D eigenvalue weighted by Gasteiger charge is 2.28. The number of rotatable bonds is 2. The number of likely N-dealkylation sites (tertiary alicyclic amines) is 1. The molecule has 24 heavy (non-hydrogen) atoms. The lowest BCUT2D eigenvalue weighted by atomic mass is 10.0. The molecule has 0 N–H and O–H groups in total. The summed E-state index contributed by atoms with van der Waals surface area (Å²) in [4.78, 5) is 15.3.